The molecule has 5 nitrogen and oxygen atoms in total. The molecular formula is C17H22N2O3. The van der Waals surface area contributed by atoms with E-state index in [0.29, 0.717) is 6.54 Å². The number of H-pyrrole nitrogens is 1. The topological polar surface area (TPSA) is 71.2 Å². The molecular weight excluding hydrogens is 280 g/mol. The van der Waals surface area contributed by atoms with Crippen LogP contribution in [0.1, 0.15) is 31.7 Å². The van der Waals surface area contributed by atoms with E-state index in [1.807, 2.05) is 24.3 Å². The van der Waals surface area contributed by atoms with Gasteiger partial charge in [-0.1, -0.05) is 38.0 Å². The number of unbranched alkanes of at least 4 members (excludes halogenated alkanes) is 2. The summed E-state index contributed by atoms with van der Waals surface area (Å²) in [6.45, 7) is 2.52. The summed E-state index contributed by atoms with van der Waals surface area (Å²) in [4.78, 5) is 26.5. The summed E-state index contributed by atoms with van der Waals surface area (Å²) in [6.07, 6.45) is 5.10. The molecule has 5 heteroatoms. The Hall–Kier alpha value is -2.30. The second-order valence-electron chi connectivity index (χ2n) is 5.25. The smallest absolute Gasteiger partial charge is 0.310 e. The maximum Gasteiger partial charge on any atom is 0.310 e. The lowest BCUT2D eigenvalue weighted by Gasteiger charge is -2.06. The maximum absolute atomic E-state index is 11.8. The van der Waals surface area contributed by atoms with E-state index < -0.39 is 5.97 Å². The van der Waals surface area contributed by atoms with Gasteiger partial charge in [0.05, 0.1) is 6.42 Å². The summed E-state index contributed by atoms with van der Waals surface area (Å²) in [6, 6.07) is 7.77. The monoisotopic (exact) mass is 302 g/mol. The number of ether oxygens (including phenoxy) is 1. The third-order valence-corrected chi connectivity index (χ3v) is 3.48. The number of hydrogen-bond donors (Lipinski definition) is 2. The number of nitrogens with one attached hydrogen (secondary N) is 2. The predicted molar refractivity (Wildman–Crippen MR) is 85.5 cm³/mol. The van der Waals surface area contributed by atoms with Gasteiger partial charge in [-0.2, -0.15) is 0 Å². The van der Waals surface area contributed by atoms with Gasteiger partial charge in [0.15, 0.2) is 6.61 Å². The third kappa shape index (κ3) is 4.62. The quantitative estimate of drug-likeness (QED) is 0.581. The van der Waals surface area contributed by atoms with Gasteiger partial charge in [-0.3, -0.25) is 9.59 Å². The predicted octanol–water partition coefficient (Wildman–Crippen LogP) is 2.56. The molecule has 0 saturated carbocycles. The number of rotatable bonds is 8. The van der Waals surface area contributed by atoms with E-state index in [0.717, 1.165) is 35.7 Å². The van der Waals surface area contributed by atoms with Gasteiger partial charge in [-0.25, -0.2) is 0 Å². The minimum Gasteiger partial charge on any atom is -0.455 e. The van der Waals surface area contributed by atoms with Gasteiger partial charge in [-0.15, -0.1) is 0 Å². The van der Waals surface area contributed by atoms with Crippen LogP contribution in [0.2, 0.25) is 0 Å². The maximum atomic E-state index is 11.8. The Balaban J connectivity index is 1.75. The Bertz CT molecular complexity index is 634. The normalized spacial score (nSPS) is 10.6. The molecule has 2 aromatic rings. The van der Waals surface area contributed by atoms with Crippen molar-refractivity contribution in [3.8, 4) is 0 Å². The molecule has 0 aliphatic heterocycles. The summed E-state index contributed by atoms with van der Waals surface area (Å²) in [5, 5.41) is 3.74. The van der Waals surface area contributed by atoms with Crippen molar-refractivity contribution in [1.82, 2.24) is 10.3 Å². The summed E-state index contributed by atoms with van der Waals surface area (Å²) in [7, 11) is 0. The first-order chi connectivity index (χ1) is 10.7. The molecule has 0 saturated heterocycles. The number of aromatic amines is 1. The fourth-order valence-corrected chi connectivity index (χ4v) is 2.28. The highest BCUT2D eigenvalue weighted by atomic mass is 16.5. The zero-order valence-electron chi connectivity index (χ0n) is 12.9. The summed E-state index contributed by atoms with van der Waals surface area (Å²) >= 11 is 0. The Morgan fingerprint density at radius 1 is 1.23 bits per heavy atom. The SMILES string of the molecule is CCCCCNC(=O)COC(=O)Cc1c[nH]c2ccccc12. The van der Waals surface area contributed by atoms with Gasteiger partial charge < -0.3 is 15.0 Å². The van der Waals surface area contributed by atoms with Crippen molar-refractivity contribution in [3.05, 3.63) is 36.0 Å². The largest absolute Gasteiger partial charge is 0.455 e. The number of amides is 1. The van der Waals surface area contributed by atoms with Crippen molar-refractivity contribution in [3.63, 3.8) is 0 Å². The van der Waals surface area contributed by atoms with Crippen LogP contribution in [0.15, 0.2) is 30.5 Å². The van der Waals surface area contributed by atoms with Crippen LogP contribution >= 0.6 is 0 Å². The van der Waals surface area contributed by atoms with Crippen LogP contribution in [0.3, 0.4) is 0 Å². The van der Waals surface area contributed by atoms with E-state index in [1.54, 1.807) is 6.20 Å². The molecule has 0 unspecified atom stereocenters. The standard InChI is InChI=1S/C17H22N2O3/c1-2-3-6-9-18-16(20)12-22-17(21)10-13-11-19-15-8-5-4-7-14(13)15/h4-5,7-8,11,19H,2-3,6,9-10,12H2,1H3,(H,18,20). The minimum absolute atomic E-state index is 0.160. The second-order valence-corrected chi connectivity index (χ2v) is 5.25. The minimum atomic E-state index is -0.395. The Kier molecular flexibility index (Phi) is 6.01. The van der Waals surface area contributed by atoms with E-state index in [9.17, 15) is 9.59 Å². The van der Waals surface area contributed by atoms with Crippen molar-refractivity contribution in [1.29, 1.82) is 0 Å². The summed E-state index contributed by atoms with van der Waals surface area (Å²) in [5.74, 6) is -0.642. The first-order valence-corrected chi connectivity index (χ1v) is 7.68. The van der Waals surface area contributed by atoms with Gasteiger partial charge >= 0.3 is 5.97 Å². The molecule has 0 radical (unpaired) electrons. The molecule has 1 aromatic carbocycles. The van der Waals surface area contributed by atoms with Crippen LogP contribution in [0, 0.1) is 0 Å². The average molecular weight is 302 g/mol. The zero-order valence-corrected chi connectivity index (χ0v) is 12.9. The third-order valence-electron chi connectivity index (χ3n) is 3.48. The molecule has 0 fully saturated rings. The fourth-order valence-electron chi connectivity index (χ4n) is 2.28. The molecule has 1 amide bonds. The molecule has 22 heavy (non-hydrogen) atoms. The van der Waals surface area contributed by atoms with Crippen molar-refractivity contribution in [2.75, 3.05) is 13.2 Å². The summed E-state index contributed by atoms with van der Waals surface area (Å²) < 4.78 is 5.02. The van der Waals surface area contributed by atoms with Gasteiger partial charge in [0.1, 0.15) is 0 Å². The van der Waals surface area contributed by atoms with Crippen molar-refractivity contribution in [2.45, 2.75) is 32.6 Å². The number of aromatic nitrogens is 1. The molecule has 1 aromatic heterocycles. The van der Waals surface area contributed by atoms with Gasteiger partial charge in [0.25, 0.3) is 5.91 Å². The number of carbonyl (C=O) groups excluding carboxylic acids is 2. The molecule has 1 heterocycles. The Morgan fingerprint density at radius 3 is 2.86 bits per heavy atom. The lowest BCUT2D eigenvalue weighted by atomic mass is 10.1. The molecule has 0 bridgehead atoms. The van der Waals surface area contributed by atoms with Gasteiger partial charge in [0.2, 0.25) is 0 Å². The van der Waals surface area contributed by atoms with Crippen LogP contribution in [0.25, 0.3) is 10.9 Å². The molecule has 2 N–H and O–H groups in total. The van der Waals surface area contributed by atoms with Gasteiger partial charge in [0, 0.05) is 23.6 Å². The lowest BCUT2D eigenvalue weighted by molar-refractivity contribution is -0.147. The first-order valence-electron chi connectivity index (χ1n) is 7.68. The molecule has 0 atom stereocenters. The van der Waals surface area contributed by atoms with Crippen LogP contribution in [-0.4, -0.2) is 30.0 Å². The Morgan fingerprint density at radius 2 is 2.05 bits per heavy atom. The number of hydrogen-bond acceptors (Lipinski definition) is 3. The highest BCUT2D eigenvalue weighted by Crippen LogP contribution is 2.18. The van der Waals surface area contributed by atoms with Crippen LogP contribution in [0.4, 0.5) is 0 Å². The molecule has 0 aliphatic carbocycles. The van der Waals surface area contributed by atoms with E-state index in [2.05, 4.69) is 17.2 Å². The number of fused-ring (bicyclic) bond motifs is 1. The molecule has 0 aliphatic rings. The fraction of sp³-hybridized carbons (Fsp3) is 0.412. The second kappa shape index (κ2) is 8.22. The van der Waals surface area contributed by atoms with Gasteiger partial charge in [-0.05, 0) is 18.1 Å². The van der Waals surface area contributed by atoms with Crippen LogP contribution in [-0.2, 0) is 20.7 Å². The van der Waals surface area contributed by atoms with Crippen LogP contribution in [0.5, 0.6) is 0 Å². The number of para-hydroxylation sites is 1. The molecule has 2 rings (SSSR count). The van der Waals surface area contributed by atoms with Crippen molar-refractivity contribution < 1.29 is 14.3 Å². The molecule has 0 spiro atoms. The highest BCUT2D eigenvalue weighted by molar-refractivity contribution is 5.88. The number of esters is 1. The van der Waals surface area contributed by atoms with E-state index in [-0.39, 0.29) is 18.9 Å². The number of carbonyl (C=O) groups is 2. The first kappa shape index (κ1) is 16.1. The molecule has 118 valence electrons. The van der Waals surface area contributed by atoms with Crippen LogP contribution < -0.4 is 5.32 Å². The Labute approximate surface area is 130 Å². The van der Waals surface area contributed by atoms with E-state index in [1.165, 1.54) is 0 Å². The van der Waals surface area contributed by atoms with E-state index in [4.69, 9.17) is 4.74 Å². The summed E-state index contributed by atoms with van der Waals surface area (Å²) in [5.41, 5.74) is 1.86. The number of benzene rings is 1. The van der Waals surface area contributed by atoms with Crippen molar-refractivity contribution in [2.24, 2.45) is 0 Å². The zero-order chi connectivity index (χ0) is 15.8. The van der Waals surface area contributed by atoms with E-state index >= 15 is 0 Å². The highest BCUT2D eigenvalue weighted by Gasteiger charge is 2.11. The van der Waals surface area contributed by atoms with Crippen molar-refractivity contribution >= 4 is 22.8 Å². The lowest BCUT2D eigenvalue weighted by Crippen LogP contribution is -2.29. The average Bonchev–Trinajstić information content (AvgIpc) is 2.93.